The molecule has 0 aliphatic heterocycles. The molecule has 1 heterocycles. The van der Waals surface area contributed by atoms with Crippen molar-refractivity contribution in [1.29, 1.82) is 5.26 Å². The van der Waals surface area contributed by atoms with Gasteiger partial charge in [0.25, 0.3) is 0 Å². The molecule has 0 saturated heterocycles. The van der Waals surface area contributed by atoms with Crippen molar-refractivity contribution < 1.29 is 4.39 Å². The van der Waals surface area contributed by atoms with Crippen LogP contribution >= 0.6 is 0 Å². The highest BCUT2D eigenvalue weighted by Crippen LogP contribution is 2.16. The smallest absolute Gasteiger partial charge is 0.124 e. The Balaban J connectivity index is 2.33. The van der Waals surface area contributed by atoms with E-state index in [1.165, 1.54) is 12.1 Å². The van der Waals surface area contributed by atoms with Crippen LogP contribution in [0.1, 0.15) is 28.1 Å². The molecule has 5 heteroatoms. The third-order valence-electron chi connectivity index (χ3n) is 3.34. The first kappa shape index (κ1) is 14.2. The minimum Gasteiger partial charge on any atom is -0.330 e. The average Bonchev–Trinajstić information content (AvgIpc) is 2.66. The van der Waals surface area contributed by atoms with E-state index < -0.39 is 5.82 Å². The zero-order valence-corrected chi connectivity index (χ0v) is 11.7. The van der Waals surface area contributed by atoms with Gasteiger partial charge in [0, 0.05) is 5.69 Å². The molecule has 0 unspecified atom stereocenters. The minimum absolute atomic E-state index is 0.323. The molecule has 1 aromatic heterocycles. The molecule has 2 aromatic rings. The Morgan fingerprint density at radius 1 is 1.35 bits per heavy atom. The molecule has 0 bridgehead atoms. The maximum absolute atomic E-state index is 13.4. The standard InChI is InChI=1S/C15H17FN4/c1-10-15(3-4-17)11(2)20(19-10)9-13-5-12(8-18)6-14(16)7-13/h5-7H,3-4,9,17H2,1-2H3. The van der Waals surface area contributed by atoms with Gasteiger partial charge in [0.2, 0.25) is 0 Å². The van der Waals surface area contributed by atoms with Crippen LogP contribution in [-0.2, 0) is 13.0 Å². The maximum Gasteiger partial charge on any atom is 0.124 e. The van der Waals surface area contributed by atoms with Crippen LogP contribution in [0.25, 0.3) is 0 Å². The molecule has 0 spiro atoms. The molecule has 0 radical (unpaired) electrons. The lowest BCUT2D eigenvalue weighted by Crippen LogP contribution is -2.07. The number of nitrogens with two attached hydrogens (primary N) is 1. The Hall–Kier alpha value is -2.19. The second-order valence-electron chi connectivity index (χ2n) is 4.81. The van der Waals surface area contributed by atoms with E-state index in [9.17, 15) is 4.39 Å². The summed E-state index contributed by atoms with van der Waals surface area (Å²) in [7, 11) is 0. The highest BCUT2D eigenvalue weighted by atomic mass is 19.1. The fourth-order valence-electron chi connectivity index (χ4n) is 2.37. The van der Waals surface area contributed by atoms with Gasteiger partial charge >= 0.3 is 0 Å². The number of rotatable bonds is 4. The monoisotopic (exact) mass is 272 g/mol. The number of aromatic nitrogens is 2. The number of hydrogen-bond acceptors (Lipinski definition) is 3. The SMILES string of the molecule is Cc1nn(Cc2cc(F)cc(C#N)c2)c(C)c1CCN. The zero-order chi connectivity index (χ0) is 14.7. The molecule has 0 aliphatic rings. The Morgan fingerprint density at radius 3 is 2.75 bits per heavy atom. The van der Waals surface area contributed by atoms with Crippen LogP contribution in [0.2, 0.25) is 0 Å². The fourth-order valence-corrected chi connectivity index (χ4v) is 2.37. The lowest BCUT2D eigenvalue weighted by atomic mass is 10.1. The molecule has 1 aromatic carbocycles. The van der Waals surface area contributed by atoms with Gasteiger partial charge in [-0.3, -0.25) is 4.68 Å². The van der Waals surface area contributed by atoms with E-state index in [1.807, 2.05) is 24.6 Å². The molecule has 4 nitrogen and oxygen atoms in total. The Bertz CT molecular complexity index is 667. The summed E-state index contributed by atoms with van der Waals surface area (Å²) in [6.07, 6.45) is 0.782. The van der Waals surface area contributed by atoms with Crippen molar-refractivity contribution in [3.8, 4) is 6.07 Å². The molecule has 0 atom stereocenters. The quantitative estimate of drug-likeness (QED) is 0.926. The molecule has 0 amide bonds. The van der Waals surface area contributed by atoms with E-state index in [4.69, 9.17) is 11.0 Å². The first-order valence-electron chi connectivity index (χ1n) is 6.47. The largest absolute Gasteiger partial charge is 0.330 e. The molecule has 0 saturated carbocycles. The lowest BCUT2D eigenvalue weighted by molar-refractivity contribution is 0.615. The van der Waals surface area contributed by atoms with E-state index in [2.05, 4.69) is 5.10 Å². The normalized spacial score (nSPS) is 10.6. The second kappa shape index (κ2) is 5.85. The fraction of sp³-hybridized carbons (Fsp3) is 0.333. The van der Waals surface area contributed by atoms with E-state index in [0.717, 1.165) is 28.9 Å². The van der Waals surface area contributed by atoms with Crippen molar-refractivity contribution in [1.82, 2.24) is 9.78 Å². The Labute approximate surface area is 117 Å². The predicted octanol–water partition coefficient (Wildman–Crippen LogP) is 2.06. The van der Waals surface area contributed by atoms with Gasteiger partial charge in [0.1, 0.15) is 5.82 Å². The van der Waals surface area contributed by atoms with Gasteiger partial charge in [0.05, 0.1) is 23.9 Å². The average molecular weight is 272 g/mol. The topological polar surface area (TPSA) is 67.6 Å². The first-order valence-corrected chi connectivity index (χ1v) is 6.47. The summed E-state index contributed by atoms with van der Waals surface area (Å²) in [5.74, 6) is -0.400. The van der Waals surface area contributed by atoms with Crippen LogP contribution in [0, 0.1) is 31.0 Å². The van der Waals surface area contributed by atoms with Gasteiger partial charge in [-0.05, 0) is 56.1 Å². The van der Waals surface area contributed by atoms with Gasteiger partial charge in [-0.15, -0.1) is 0 Å². The number of benzene rings is 1. The number of nitriles is 1. The molecule has 0 fully saturated rings. The zero-order valence-electron chi connectivity index (χ0n) is 11.7. The van der Waals surface area contributed by atoms with Gasteiger partial charge in [0.15, 0.2) is 0 Å². The molecule has 2 rings (SSSR count). The van der Waals surface area contributed by atoms with Crippen molar-refractivity contribution in [2.24, 2.45) is 5.73 Å². The number of aryl methyl sites for hydroxylation is 1. The van der Waals surface area contributed by atoms with Crippen molar-refractivity contribution in [3.05, 3.63) is 52.1 Å². The van der Waals surface area contributed by atoms with Gasteiger partial charge < -0.3 is 5.73 Å². The third kappa shape index (κ3) is 2.86. The van der Waals surface area contributed by atoms with Crippen LogP contribution in [0.15, 0.2) is 18.2 Å². The molecule has 104 valence electrons. The lowest BCUT2D eigenvalue weighted by Gasteiger charge is -2.06. The highest BCUT2D eigenvalue weighted by Gasteiger charge is 2.11. The Kier molecular flexibility index (Phi) is 4.16. The van der Waals surface area contributed by atoms with Crippen LogP contribution < -0.4 is 5.73 Å². The van der Waals surface area contributed by atoms with E-state index in [0.29, 0.717) is 18.7 Å². The van der Waals surface area contributed by atoms with E-state index in [-0.39, 0.29) is 0 Å². The van der Waals surface area contributed by atoms with Crippen LogP contribution in [-0.4, -0.2) is 16.3 Å². The summed E-state index contributed by atoms with van der Waals surface area (Å²) in [4.78, 5) is 0. The summed E-state index contributed by atoms with van der Waals surface area (Å²) in [5, 5.41) is 13.3. The molecule has 20 heavy (non-hydrogen) atoms. The molecular formula is C15H17FN4. The summed E-state index contributed by atoms with van der Waals surface area (Å²) < 4.78 is 15.3. The number of hydrogen-bond donors (Lipinski definition) is 1. The molecule has 0 aliphatic carbocycles. The first-order chi connectivity index (χ1) is 9.55. The van der Waals surface area contributed by atoms with Crippen molar-refractivity contribution in [2.75, 3.05) is 6.54 Å². The van der Waals surface area contributed by atoms with Crippen molar-refractivity contribution in [2.45, 2.75) is 26.8 Å². The summed E-state index contributed by atoms with van der Waals surface area (Å²) in [5.41, 5.74) is 9.78. The van der Waals surface area contributed by atoms with Crippen molar-refractivity contribution >= 4 is 0 Å². The highest BCUT2D eigenvalue weighted by molar-refractivity contribution is 5.34. The second-order valence-corrected chi connectivity index (χ2v) is 4.81. The summed E-state index contributed by atoms with van der Waals surface area (Å²) >= 11 is 0. The maximum atomic E-state index is 13.4. The summed E-state index contributed by atoms with van der Waals surface area (Å²) in [6.45, 7) is 4.95. The number of halogens is 1. The molecular weight excluding hydrogens is 255 g/mol. The molecule has 2 N–H and O–H groups in total. The van der Waals surface area contributed by atoms with Gasteiger partial charge in [-0.25, -0.2) is 4.39 Å². The predicted molar refractivity (Wildman–Crippen MR) is 74.7 cm³/mol. The summed E-state index contributed by atoms with van der Waals surface area (Å²) in [6, 6.07) is 6.30. The van der Waals surface area contributed by atoms with Crippen molar-refractivity contribution in [3.63, 3.8) is 0 Å². The van der Waals surface area contributed by atoms with Gasteiger partial charge in [-0.1, -0.05) is 0 Å². The van der Waals surface area contributed by atoms with Gasteiger partial charge in [-0.2, -0.15) is 10.4 Å². The van der Waals surface area contributed by atoms with Crippen LogP contribution in [0.5, 0.6) is 0 Å². The van der Waals surface area contributed by atoms with E-state index >= 15 is 0 Å². The van der Waals surface area contributed by atoms with Crippen LogP contribution in [0.4, 0.5) is 4.39 Å². The van der Waals surface area contributed by atoms with Crippen LogP contribution in [0.3, 0.4) is 0 Å². The Morgan fingerprint density at radius 2 is 2.10 bits per heavy atom. The third-order valence-corrected chi connectivity index (χ3v) is 3.34. The number of nitrogens with zero attached hydrogens (tertiary/aromatic N) is 3. The minimum atomic E-state index is -0.400. The van der Waals surface area contributed by atoms with E-state index in [1.54, 1.807) is 6.07 Å².